The van der Waals surface area contributed by atoms with Crippen LogP contribution in [0.5, 0.6) is 0 Å². The number of amides is 2. The van der Waals surface area contributed by atoms with Gasteiger partial charge in [-0.2, -0.15) is 0 Å². The lowest BCUT2D eigenvalue weighted by Gasteiger charge is -2.18. The van der Waals surface area contributed by atoms with Gasteiger partial charge in [-0.25, -0.2) is 0 Å². The molecule has 1 saturated heterocycles. The number of likely N-dealkylation sites (tertiary alicyclic amines) is 1. The first-order valence-electron chi connectivity index (χ1n) is 7.20. The van der Waals surface area contributed by atoms with Crippen molar-refractivity contribution in [2.75, 3.05) is 13.1 Å². The molecule has 2 atom stereocenters. The van der Waals surface area contributed by atoms with Crippen molar-refractivity contribution in [3.05, 3.63) is 0 Å². The predicted molar refractivity (Wildman–Crippen MR) is 74.1 cm³/mol. The van der Waals surface area contributed by atoms with Gasteiger partial charge in [-0.1, -0.05) is 13.3 Å². The van der Waals surface area contributed by atoms with Crippen LogP contribution in [0, 0.1) is 5.92 Å². The molecule has 1 heterocycles. The lowest BCUT2D eigenvalue weighted by molar-refractivity contribution is -0.141. The number of hydrogen-bond acceptors (Lipinski definition) is 3. The van der Waals surface area contributed by atoms with Crippen LogP contribution in [0.4, 0.5) is 0 Å². The molecule has 0 radical (unpaired) electrons. The van der Waals surface area contributed by atoms with Gasteiger partial charge in [0, 0.05) is 19.0 Å². The average Bonchev–Trinajstić information content (AvgIpc) is 2.74. The molecule has 1 aliphatic rings. The maximum Gasteiger partial charge on any atom is 0.306 e. The Morgan fingerprint density at radius 3 is 2.60 bits per heavy atom. The van der Waals surface area contributed by atoms with Crippen LogP contribution < -0.4 is 5.32 Å². The highest BCUT2D eigenvalue weighted by Crippen LogP contribution is 2.10. The smallest absolute Gasteiger partial charge is 0.306 e. The molecule has 2 amide bonds. The average molecular weight is 284 g/mol. The molecular formula is C14H24N2O4. The van der Waals surface area contributed by atoms with E-state index < -0.39 is 5.97 Å². The van der Waals surface area contributed by atoms with Gasteiger partial charge < -0.3 is 15.3 Å². The van der Waals surface area contributed by atoms with Crippen LogP contribution in [-0.2, 0) is 14.4 Å². The van der Waals surface area contributed by atoms with Crippen LogP contribution in [-0.4, -0.2) is 46.9 Å². The Bertz CT molecular complexity index is 370. The van der Waals surface area contributed by atoms with Crippen molar-refractivity contribution < 1.29 is 19.5 Å². The highest BCUT2D eigenvalue weighted by Gasteiger charge is 2.22. The maximum absolute atomic E-state index is 11.8. The van der Waals surface area contributed by atoms with E-state index in [1.54, 1.807) is 11.8 Å². The lowest BCUT2D eigenvalue weighted by atomic mass is 10.0. The second-order valence-electron chi connectivity index (χ2n) is 5.56. The quantitative estimate of drug-likeness (QED) is 0.696. The fraction of sp³-hybridized carbons (Fsp3) is 0.786. The van der Waals surface area contributed by atoms with Crippen LogP contribution in [0.1, 0.15) is 46.0 Å². The van der Waals surface area contributed by atoms with Gasteiger partial charge in [0.15, 0.2) is 0 Å². The molecule has 2 unspecified atom stereocenters. The van der Waals surface area contributed by atoms with Crippen LogP contribution in [0.2, 0.25) is 0 Å². The number of carbonyl (C=O) groups excluding carboxylic acids is 2. The Labute approximate surface area is 119 Å². The van der Waals surface area contributed by atoms with Gasteiger partial charge in [0.25, 0.3) is 0 Å². The monoisotopic (exact) mass is 284 g/mol. The molecule has 2 N–H and O–H groups in total. The topological polar surface area (TPSA) is 86.7 Å². The summed E-state index contributed by atoms with van der Waals surface area (Å²) in [4.78, 5) is 35.4. The molecule has 6 heteroatoms. The highest BCUT2D eigenvalue weighted by atomic mass is 16.4. The minimum atomic E-state index is -0.783. The van der Waals surface area contributed by atoms with Gasteiger partial charge in [-0.3, -0.25) is 14.4 Å². The van der Waals surface area contributed by atoms with Gasteiger partial charge in [0.05, 0.1) is 12.5 Å². The summed E-state index contributed by atoms with van der Waals surface area (Å²) in [5.74, 6) is -1.23. The lowest BCUT2D eigenvalue weighted by Crippen LogP contribution is -2.41. The third kappa shape index (κ3) is 5.59. The second-order valence-corrected chi connectivity index (χ2v) is 5.56. The van der Waals surface area contributed by atoms with E-state index in [9.17, 15) is 14.4 Å². The molecule has 1 aliphatic heterocycles. The third-order valence-corrected chi connectivity index (χ3v) is 3.61. The summed E-state index contributed by atoms with van der Waals surface area (Å²) < 4.78 is 0. The van der Waals surface area contributed by atoms with Gasteiger partial charge in [-0.15, -0.1) is 0 Å². The largest absolute Gasteiger partial charge is 0.481 e. The van der Waals surface area contributed by atoms with Crippen LogP contribution in [0.15, 0.2) is 0 Å². The molecule has 0 aromatic heterocycles. The van der Waals surface area contributed by atoms with Gasteiger partial charge >= 0.3 is 5.97 Å². The first-order valence-corrected chi connectivity index (χ1v) is 7.20. The summed E-state index contributed by atoms with van der Waals surface area (Å²) in [6, 6.07) is 0.00111. The fourth-order valence-electron chi connectivity index (χ4n) is 2.29. The second kappa shape index (κ2) is 7.87. The molecule has 0 aliphatic carbocycles. The zero-order valence-corrected chi connectivity index (χ0v) is 12.2. The SMILES string of the molecule is CC(CCCC(C)C(=O)O)NC(=O)CN1CCCC1=O. The van der Waals surface area contributed by atoms with Crippen molar-refractivity contribution in [2.24, 2.45) is 5.92 Å². The van der Waals surface area contributed by atoms with Crippen molar-refractivity contribution in [1.82, 2.24) is 10.2 Å². The summed E-state index contributed by atoms with van der Waals surface area (Å²) in [6.45, 7) is 4.38. The minimum absolute atomic E-state index is 0.00111. The molecule has 1 fully saturated rings. The minimum Gasteiger partial charge on any atom is -0.481 e. The molecule has 114 valence electrons. The summed E-state index contributed by atoms with van der Waals surface area (Å²) >= 11 is 0. The summed E-state index contributed by atoms with van der Waals surface area (Å²) in [5, 5.41) is 11.6. The first-order chi connectivity index (χ1) is 9.40. The van der Waals surface area contributed by atoms with Crippen molar-refractivity contribution in [3.63, 3.8) is 0 Å². The summed E-state index contributed by atoms with van der Waals surface area (Å²) in [7, 11) is 0. The predicted octanol–water partition coefficient (Wildman–Crippen LogP) is 1.00. The standard InChI is InChI=1S/C14H24N2O4/c1-10(14(19)20)5-3-6-11(2)15-12(17)9-16-8-4-7-13(16)18/h10-11H,3-9H2,1-2H3,(H,15,17)(H,19,20). The molecule has 0 bridgehead atoms. The third-order valence-electron chi connectivity index (χ3n) is 3.61. The Balaban J connectivity index is 2.18. The van der Waals surface area contributed by atoms with E-state index in [1.165, 1.54) is 0 Å². The van der Waals surface area contributed by atoms with Gasteiger partial charge in [-0.05, 0) is 26.2 Å². The Hall–Kier alpha value is -1.59. The Morgan fingerprint density at radius 1 is 1.35 bits per heavy atom. The van der Waals surface area contributed by atoms with E-state index in [-0.39, 0.29) is 30.3 Å². The van der Waals surface area contributed by atoms with E-state index in [4.69, 9.17) is 5.11 Å². The molecule has 0 spiro atoms. The Kier molecular flexibility index (Phi) is 6.48. The zero-order valence-electron chi connectivity index (χ0n) is 12.2. The number of nitrogens with one attached hydrogen (secondary N) is 1. The molecule has 20 heavy (non-hydrogen) atoms. The number of hydrogen-bond donors (Lipinski definition) is 2. The van der Waals surface area contributed by atoms with Crippen LogP contribution in [0.3, 0.4) is 0 Å². The number of carboxylic acid groups (broad SMARTS) is 1. The maximum atomic E-state index is 11.8. The van der Waals surface area contributed by atoms with E-state index in [2.05, 4.69) is 5.32 Å². The first kappa shape index (κ1) is 16.5. The summed E-state index contributed by atoms with van der Waals surface area (Å²) in [5.41, 5.74) is 0. The molecule has 1 rings (SSSR count). The number of aliphatic carboxylic acids is 1. The van der Waals surface area contributed by atoms with Crippen molar-refractivity contribution in [3.8, 4) is 0 Å². The highest BCUT2D eigenvalue weighted by molar-refractivity contribution is 5.85. The number of carboxylic acids is 1. The summed E-state index contributed by atoms with van der Waals surface area (Å²) in [6.07, 6.45) is 3.49. The number of rotatable bonds is 8. The fourth-order valence-corrected chi connectivity index (χ4v) is 2.29. The van der Waals surface area contributed by atoms with Crippen molar-refractivity contribution in [1.29, 1.82) is 0 Å². The molecular weight excluding hydrogens is 260 g/mol. The molecule has 0 aromatic carbocycles. The van der Waals surface area contributed by atoms with Crippen LogP contribution >= 0.6 is 0 Å². The van der Waals surface area contributed by atoms with E-state index in [0.717, 1.165) is 19.3 Å². The molecule has 0 saturated carbocycles. The number of carbonyl (C=O) groups is 3. The van der Waals surface area contributed by atoms with Gasteiger partial charge in [0.2, 0.25) is 11.8 Å². The normalized spacial score (nSPS) is 17.9. The van der Waals surface area contributed by atoms with E-state index in [0.29, 0.717) is 19.4 Å². The molecule has 6 nitrogen and oxygen atoms in total. The van der Waals surface area contributed by atoms with Gasteiger partial charge in [0.1, 0.15) is 0 Å². The zero-order chi connectivity index (χ0) is 15.1. The van der Waals surface area contributed by atoms with Crippen molar-refractivity contribution in [2.45, 2.75) is 52.0 Å². The van der Waals surface area contributed by atoms with E-state index >= 15 is 0 Å². The van der Waals surface area contributed by atoms with E-state index in [1.807, 2.05) is 6.92 Å². The number of nitrogens with zero attached hydrogens (tertiary/aromatic N) is 1. The van der Waals surface area contributed by atoms with Crippen LogP contribution in [0.25, 0.3) is 0 Å². The molecule has 0 aromatic rings. The Morgan fingerprint density at radius 2 is 2.05 bits per heavy atom. The van der Waals surface area contributed by atoms with Crippen molar-refractivity contribution >= 4 is 17.8 Å².